The molecule has 83 heavy (non-hydrogen) atoms. The summed E-state index contributed by atoms with van der Waals surface area (Å²) in [5, 5.41) is 2.26. The van der Waals surface area contributed by atoms with Crippen LogP contribution < -0.4 is 14.5 Å². The lowest BCUT2D eigenvalue weighted by molar-refractivity contribution is 0.485. The molecule has 11 aromatic carbocycles. The number of hydrogen-bond donors (Lipinski definition) is 0. The van der Waals surface area contributed by atoms with Crippen LogP contribution >= 0.6 is 0 Å². The van der Waals surface area contributed by atoms with Crippen molar-refractivity contribution in [3.63, 3.8) is 0 Å². The molecular weight excluding hydrogens is 1010 g/mol. The third-order valence-corrected chi connectivity index (χ3v) is 16.5. The second kappa shape index (κ2) is 21.0. The molecule has 0 saturated heterocycles. The number of nitrogens with zero attached hydrogens (tertiary/aromatic N) is 4. The topological polar surface area (TPSA) is 33.5 Å². The van der Waals surface area contributed by atoms with E-state index in [-0.39, 0.29) is 5.41 Å². The van der Waals surface area contributed by atoms with Crippen LogP contribution in [0.25, 0.3) is 94.4 Å². The van der Waals surface area contributed by atoms with Crippen molar-refractivity contribution in [3.8, 4) is 84.1 Å². The molecule has 0 N–H and O–H groups in total. The number of pyridine rings is 1. The monoisotopic (exact) mass is 1070 g/mol. The first-order chi connectivity index (χ1) is 40.6. The standard InChI is InChI=1S/C78H62N4O/c1-52-34-36-58(37-35-52)70-50-79-76(44-53(70)2)82-71-43-40-60(55-22-11-7-12-23-55)46-68(71)69-48-67(56-24-13-8-14-25-56)75(49-74(69)82)83-64-29-18-28-63(47-64)80-51-81(73-33-16-15-32-72(73)80)77-65(57-38-41-62(42-39-57)78(3,4)5)30-19-31-66(77)61-27-17-26-59(45-61)54-20-9-6-10-21-54/h6-50H,51H2,1-5H3. The maximum absolute atomic E-state index is 7.32. The van der Waals surface area contributed by atoms with Crippen LogP contribution in [0.1, 0.15) is 37.5 Å². The summed E-state index contributed by atoms with van der Waals surface area (Å²) >= 11 is 0. The summed E-state index contributed by atoms with van der Waals surface area (Å²) in [6, 6.07) is 96.5. The van der Waals surface area contributed by atoms with E-state index in [4.69, 9.17) is 9.72 Å². The minimum atomic E-state index is 0.0306. The zero-order valence-corrected chi connectivity index (χ0v) is 47.4. The van der Waals surface area contributed by atoms with Gasteiger partial charge in [0.25, 0.3) is 0 Å². The number of ether oxygens (including phenoxy) is 1. The number of aromatic nitrogens is 2. The summed E-state index contributed by atoms with van der Waals surface area (Å²) in [5.41, 5.74) is 23.9. The maximum Gasteiger partial charge on any atom is 0.137 e. The molecule has 5 nitrogen and oxygen atoms in total. The summed E-state index contributed by atoms with van der Waals surface area (Å²) in [7, 11) is 0. The Labute approximate surface area is 486 Å². The molecule has 0 bridgehead atoms. The molecule has 0 spiro atoms. The molecule has 0 fully saturated rings. The van der Waals surface area contributed by atoms with Crippen molar-refractivity contribution in [3.05, 3.63) is 290 Å². The van der Waals surface area contributed by atoms with E-state index in [0.29, 0.717) is 6.67 Å². The van der Waals surface area contributed by atoms with Crippen LogP contribution in [0.3, 0.4) is 0 Å². The summed E-state index contributed by atoms with van der Waals surface area (Å²) in [6.07, 6.45) is 2.03. The van der Waals surface area contributed by atoms with Gasteiger partial charge in [-0.3, -0.25) is 4.57 Å². The second-order valence-electron chi connectivity index (χ2n) is 22.9. The van der Waals surface area contributed by atoms with Crippen LogP contribution in [0.15, 0.2) is 273 Å². The third-order valence-electron chi connectivity index (χ3n) is 16.5. The van der Waals surface area contributed by atoms with Gasteiger partial charge in [-0.1, -0.05) is 227 Å². The zero-order valence-electron chi connectivity index (χ0n) is 47.4. The Morgan fingerprint density at radius 1 is 0.398 bits per heavy atom. The van der Waals surface area contributed by atoms with Crippen molar-refractivity contribution in [2.45, 2.75) is 40.0 Å². The minimum absolute atomic E-state index is 0.0306. The number of fused-ring (bicyclic) bond motifs is 4. The van der Waals surface area contributed by atoms with Gasteiger partial charge < -0.3 is 14.5 Å². The predicted molar refractivity (Wildman–Crippen MR) is 348 cm³/mol. The number of rotatable bonds is 11. The van der Waals surface area contributed by atoms with E-state index < -0.39 is 0 Å². The van der Waals surface area contributed by atoms with Crippen LogP contribution in [0.2, 0.25) is 0 Å². The van der Waals surface area contributed by atoms with Crippen molar-refractivity contribution in [2.75, 3.05) is 16.5 Å². The van der Waals surface area contributed by atoms with E-state index in [1.807, 2.05) is 6.20 Å². The van der Waals surface area contributed by atoms with Crippen molar-refractivity contribution in [1.29, 1.82) is 0 Å². The minimum Gasteiger partial charge on any atom is -0.457 e. The number of hydrogen-bond acceptors (Lipinski definition) is 4. The van der Waals surface area contributed by atoms with E-state index in [1.165, 1.54) is 44.5 Å². The van der Waals surface area contributed by atoms with E-state index in [9.17, 15) is 0 Å². The summed E-state index contributed by atoms with van der Waals surface area (Å²) in [4.78, 5) is 10.2. The first kappa shape index (κ1) is 51.0. The lowest BCUT2D eigenvalue weighted by Crippen LogP contribution is -2.25. The highest BCUT2D eigenvalue weighted by Crippen LogP contribution is 2.51. The van der Waals surface area contributed by atoms with Crippen molar-refractivity contribution >= 4 is 44.6 Å². The molecule has 1 aliphatic rings. The molecule has 0 atom stereocenters. The van der Waals surface area contributed by atoms with E-state index in [1.54, 1.807) is 0 Å². The number of aryl methyl sites for hydroxylation is 2. The summed E-state index contributed by atoms with van der Waals surface area (Å²) in [5.74, 6) is 2.33. The SMILES string of the molecule is Cc1ccc(-c2cnc(-n3c4ccc(-c5ccccc5)cc4c4cc(-c5ccccc5)c(Oc5cccc(N6CN(c7c(-c8ccc(C(C)(C)C)cc8)cccc7-c7cccc(-c8ccccc8)c7)c7ccccc76)c5)cc43)cc2C)cc1. The fraction of sp³-hybridized carbons (Fsp3) is 0.0897. The van der Waals surface area contributed by atoms with E-state index >= 15 is 0 Å². The Morgan fingerprint density at radius 2 is 0.940 bits per heavy atom. The first-order valence-electron chi connectivity index (χ1n) is 28.7. The molecule has 400 valence electrons. The van der Waals surface area contributed by atoms with Gasteiger partial charge in [-0.15, -0.1) is 0 Å². The lowest BCUT2D eigenvalue weighted by atomic mass is 9.85. The fourth-order valence-corrected chi connectivity index (χ4v) is 12.1. The molecule has 14 rings (SSSR count). The zero-order chi connectivity index (χ0) is 56.2. The van der Waals surface area contributed by atoms with Gasteiger partial charge in [0.05, 0.1) is 28.1 Å². The molecule has 0 amide bonds. The van der Waals surface area contributed by atoms with Gasteiger partial charge in [-0.25, -0.2) is 4.98 Å². The molecule has 5 heteroatoms. The molecule has 1 aliphatic heterocycles. The Hall–Kier alpha value is -10.2. The van der Waals surface area contributed by atoms with Gasteiger partial charge in [0.2, 0.25) is 0 Å². The average molecular weight is 1070 g/mol. The third kappa shape index (κ3) is 9.60. The normalized spacial score (nSPS) is 12.3. The maximum atomic E-state index is 7.32. The molecule has 2 aromatic heterocycles. The largest absolute Gasteiger partial charge is 0.457 e. The van der Waals surface area contributed by atoms with E-state index in [0.717, 1.165) is 101 Å². The van der Waals surface area contributed by atoms with E-state index in [2.05, 4.69) is 316 Å². The van der Waals surface area contributed by atoms with Crippen LogP contribution in [0.4, 0.5) is 22.7 Å². The van der Waals surface area contributed by atoms with Gasteiger partial charge in [-0.05, 0) is 129 Å². The van der Waals surface area contributed by atoms with Gasteiger partial charge in [0.15, 0.2) is 0 Å². The van der Waals surface area contributed by atoms with Gasteiger partial charge in [-0.2, -0.15) is 0 Å². The van der Waals surface area contributed by atoms with Crippen LogP contribution in [-0.2, 0) is 5.41 Å². The quantitative estimate of drug-likeness (QED) is 0.129. The Bertz CT molecular complexity index is 4540. The Kier molecular flexibility index (Phi) is 12.9. The summed E-state index contributed by atoms with van der Waals surface area (Å²) < 4.78 is 9.63. The predicted octanol–water partition coefficient (Wildman–Crippen LogP) is 21.1. The lowest BCUT2D eigenvalue weighted by Gasteiger charge is -2.28. The second-order valence-corrected chi connectivity index (χ2v) is 22.9. The summed E-state index contributed by atoms with van der Waals surface area (Å²) in [6.45, 7) is 11.7. The van der Waals surface area contributed by atoms with Gasteiger partial charge in [0.1, 0.15) is 24.0 Å². The Balaban J connectivity index is 0.891. The van der Waals surface area contributed by atoms with Crippen LogP contribution in [0.5, 0.6) is 11.5 Å². The molecule has 0 aliphatic carbocycles. The average Bonchev–Trinajstić information content (AvgIpc) is 3.31. The molecule has 0 unspecified atom stereocenters. The molecule has 0 saturated carbocycles. The number of anilines is 4. The smallest absolute Gasteiger partial charge is 0.137 e. The van der Waals surface area contributed by atoms with Crippen molar-refractivity contribution in [2.24, 2.45) is 0 Å². The fourth-order valence-electron chi connectivity index (χ4n) is 12.1. The highest BCUT2D eigenvalue weighted by molar-refractivity contribution is 6.12. The highest BCUT2D eigenvalue weighted by Gasteiger charge is 2.32. The van der Waals surface area contributed by atoms with Gasteiger partial charge >= 0.3 is 0 Å². The molecular formula is C78H62N4O. The number of para-hydroxylation sites is 3. The van der Waals surface area contributed by atoms with Gasteiger partial charge in [0, 0.05) is 57.0 Å². The highest BCUT2D eigenvalue weighted by atomic mass is 16.5. The Morgan fingerprint density at radius 3 is 1.63 bits per heavy atom. The molecule has 13 aromatic rings. The molecule has 3 heterocycles. The number of benzene rings is 11. The first-order valence-corrected chi connectivity index (χ1v) is 28.7. The van der Waals surface area contributed by atoms with Crippen LogP contribution in [0, 0.1) is 13.8 Å². The van der Waals surface area contributed by atoms with Crippen molar-refractivity contribution < 1.29 is 4.74 Å². The van der Waals surface area contributed by atoms with Crippen LogP contribution in [-0.4, -0.2) is 16.2 Å². The molecule has 0 radical (unpaired) electrons. The van der Waals surface area contributed by atoms with Crippen molar-refractivity contribution in [1.82, 2.24) is 9.55 Å².